The molecule has 0 unspecified atom stereocenters. The van der Waals surface area contributed by atoms with Crippen LogP contribution in [-0.2, 0) is 0 Å². The summed E-state index contributed by atoms with van der Waals surface area (Å²) in [6.45, 7) is 0. The fourth-order valence-corrected chi connectivity index (χ4v) is 1.28. The van der Waals surface area contributed by atoms with E-state index in [1.165, 1.54) is 13.2 Å². The summed E-state index contributed by atoms with van der Waals surface area (Å²) in [6, 6.07) is 2.31. The van der Waals surface area contributed by atoms with Crippen molar-refractivity contribution in [1.29, 1.82) is 0 Å². The summed E-state index contributed by atoms with van der Waals surface area (Å²) < 4.78 is 17.8. The number of Topliss-reactive ketones (excluding diaryl/α,β-unsaturated/α-hetero) is 1. The van der Waals surface area contributed by atoms with E-state index in [-0.39, 0.29) is 16.6 Å². The maximum atomic E-state index is 13.0. The molecule has 0 saturated heterocycles. The fourth-order valence-electron chi connectivity index (χ4n) is 0.977. The monoisotopic (exact) mass is 262 g/mol. The lowest BCUT2D eigenvalue weighted by molar-refractivity contribution is 0.102. The van der Waals surface area contributed by atoms with Gasteiger partial charge in [-0.1, -0.05) is 15.9 Å². The highest BCUT2D eigenvalue weighted by Crippen LogP contribution is 2.27. The Kier molecular flexibility index (Phi) is 3.46. The zero-order valence-electron chi connectivity index (χ0n) is 7.38. The number of alkyl halides is 1. The molecule has 0 bridgehead atoms. The van der Waals surface area contributed by atoms with Crippen molar-refractivity contribution in [3.05, 3.63) is 23.5 Å². The highest BCUT2D eigenvalue weighted by molar-refractivity contribution is 9.09. The Balaban J connectivity index is 3.27. The molecule has 1 aromatic rings. The summed E-state index contributed by atoms with van der Waals surface area (Å²) in [7, 11) is 1.36. The average Bonchev–Trinajstić information content (AvgIpc) is 2.20. The topological polar surface area (TPSA) is 46.5 Å². The molecule has 14 heavy (non-hydrogen) atoms. The highest BCUT2D eigenvalue weighted by atomic mass is 79.9. The molecule has 0 saturated carbocycles. The standard InChI is InChI=1S/C9H8BrFO3/c1-14-5-2-6(8(12)4-10)9(13)7(11)3-5/h2-3,13H,4H2,1H3. The van der Waals surface area contributed by atoms with Gasteiger partial charge in [0.25, 0.3) is 0 Å². The zero-order chi connectivity index (χ0) is 10.7. The normalized spacial score (nSPS) is 9.93. The van der Waals surface area contributed by atoms with E-state index in [9.17, 15) is 14.3 Å². The number of carbonyl (C=O) groups excluding carboxylic acids is 1. The Hall–Kier alpha value is -1.10. The molecule has 0 aliphatic carbocycles. The molecule has 0 spiro atoms. The Bertz CT molecular complexity index is 365. The van der Waals surface area contributed by atoms with Gasteiger partial charge in [-0.3, -0.25) is 4.79 Å². The lowest BCUT2D eigenvalue weighted by Crippen LogP contribution is -2.02. The highest BCUT2D eigenvalue weighted by Gasteiger charge is 2.15. The number of aromatic hydroxyl groups is 1. The summed E-state index contributed by atoms with van der Waals surface area (Å²) in [5, 5.41) is 9.27. The molecular formula is C9H8BrFO3. The van der Waals surface area contributed by atoms with Gasteiger partial charge < -0.3 is 9.84 Å². The lowest BCUT2D eigenvalue weighted by atomic mass is 10.1. The van der Waals surface area contributed by atoms with Gasteiger partial charge in [-0.15, -0.1) is 0 Å². The second kappa shape index (κ2) is 4.41. The van der Waals surface area contributed by atoms with Gasteiger partial charge in [-0.05, 0) is 6.07 Å². The van der Waals surface area contributed by atoms with Crippen molar-refractivity contribution in [1.82, 2.24) is 0 Å². The number of ketones is 1. The van der Waals surface area contributed by atoms with Crippen LogP contribution in [-0.4, -0.2) is 23.3 Å². The quantitative estimate of drug-likeness (QED) is 0.671. The second-order valence-corrected chi connectivity index (χ2v) is 3.12. The van der Waals surface area contributed by atoms with E-state index in [0.29, 0.717) is 0 Å². The molecule has 0 amide bonds. The van der Waals surface area contributed by atoms with Crippen LogP contribution < -0.4 is 4.74 Å². The van der Waals surface area contributed by atoms with Crippen LogP contribution >= 0.6 is 15.9 Å². The number of hydrogen-bond acceptors (Lipinski definition) is 3. The predicted octanol–water partition coefficient (Wildman–Crippen LogP) is 2.12. The molecule has 0 aliphatic heterocycles. The lowest BCUT2D eigenvalue weighted by Gasteiger charge is -2.06. The molecular weight excluding hydrogens is 255 g/mol. The van der Waals surface area contributed by atoms with E-state index in [1.807, 2.05) is 0 Å². The van der Waals surface area contributed by atoms with Crippen LogP contribution in [0.4, 0.5) is 4.39 Å². The molecule has 1 aromatic carbocycles. The molecule has 0 fully saturated rings. The number of carbonyl (C=O) groups is 1. The number of halogens is 2. The third kappa shape index (κ3) is 2.04. The van der Waals surface area contributed by atoms with Crippen LogP contribution in [0.5, 0.6) is 11.5 Å². The van der Waals surface area contributed by atoms with E-state index in [0.717, 1.165) is 6.07 Å². The van der Waals surface area contributed by atoms with Gasteiger partial charge in [0, 0.05) is 6.07 Å². The first-order chi connectivity index (χ1) is 6.60. The predicted molar refractivity (Wildman–Crippen MR) is 52.7 cm³/mol. The van der Waals surface area contributed by atoms with Gasteiger partial charge in [-0.25, -0.2) is 4.39 Å². The molecule has 1 rings (SSSR count). The second-order valence-electron chi connectivity index (χ2n) is 2.56. The van der Waals surface area contributed by atoms with Crippen molar-refractivity contribution >= 4 is 21.7 Å². The van der Waals surface area contributed by atoms with Gasteiger partial charge in [0.1, 0.15) is 5.75 Å². The van der Waals surface area contributed by atoms with Gasteiger partial charge in [-0.2, -0.15) is 0 Å². The van der Waals surface area contributed by atoms with Crippen molar-refractivity contribution in [3.8, 4) is 11.5 Å². The Morgan fingerprint density at radius 1 is 1.64 bits per heavy atom. The van der Waals surface area contributed by atoms with Gasteiger partial charge in [0.05, 0.1) is 18.0 Å². The summed E-state index contributed by atoms with van der Waals surface area (Å²) in [5.41, 5.74) is -0.0845. The smallest absolute Gasteiger partial charge is 0.177 e. The molecule has 1 N–H and O–H groups in total. The number of ether oxygens (including phenoxy) is 1. The van der Waals surface area contributed by atoms with E-state index in [1.54, 1.807) is 0 Å². The summed E-state index contributed by atoms with van der Waals surface area (Å²) >= 11 is 2.93. The molecule has 0 atom stereocenters. The number of phenols is 1. The third-order valence-electron chi connectivity index (χ3n) is 1.69. The van der Waals surface area contributed by atoms with Crippen molar-refractivity contribution in [2.75, 3.05) is 12.4 Å². The van der Waals surface area contributed by atoms with Crippen molar-refractivity contribution < 1.29 is 19.0 Å². The van der Waals surface area contributed by atoms with Crippen LogP contribution in [0.2, 0.25) is 0 Å². The van der Waals surface area contributed by atoms with E-state index >= 15 is 0 Å². The number of benzene rings is 1. The number of phenolic OH excluding ortho intramolecular Hbond substituents is 1. The van der Waals surface area contributed by atoms with Gasteiger partial charge in [0.2, 0.25) is 0 Å². The third-order valence-corrected chi connectivity index (χ3v) is 2.20. The molecule has 0 radical (unpaired) electrons. The van der Waals surface area contributed by atoms with Crippen LogP contribution in [0.3, 0.4) is 0 Å². The van der Waals surface area contributed by atoms with E-state index in [4.69, 9.17) is 4.74 Å². The van der Waals surface area contributed by atoms with E-state index < -0.39 is 17.3 Å². The molecule has 76 valence electrons. The van der Waals surface area contributed by atoms with Gasteiger partial charge in [0.15, 0.2) is 17.3 Å². The Morgan fingerprint density at radius 2 is 2.29 bits per heavy atom. The minimum Gasteiger partial charge on any atom is -0.504 e. The summed E-state index contributed by atoms with van der Waals surface area (Å²) in [4.78, 5) is 11.2. The minimum atomic E-state index is -0.867. The molecule has 0 aromatic heterocycles. The SMILES string of the molecule is COc1cc(F)c(O)c(C(=O)CBr)c1. The first-order valence-corrected chi connectivity index (χ1v) is 4.88. The average molecular weight is 263 g/mol. The molecule has 5 heteroatoms. The number of methoxy groups -OCH3 is 1. The van der Waals surface area contributed by atoms with Crippen LogP contribution in [0.15, 0.2) is 12.1 Å². The minimum absolute atomic E-state index is 0.0210. The summed E-state index contributed by atoms with van der Waals surface area (Å²) in [5.74, 6) is -1.71. The van der Waals surface area contributed by atoms with Crippen LogP contribution in [0.25, 0.3) is 0 Å². The maximum Gasteiger partial charge on any atom is 0.177 e. The number of rotatable bonds is 3. The van der Waals surface area contributed by atoms with Crippen molar-refractivity contribution in [3.63, 3.8) is 0 Å². The van der Waals surface area contributed by atoms with Crippen LogP contribution in [0, 0.1) is 5.82 Å². The molecule has 3 nitrogen and oxygen atoms in total. The Labute approximate surface area is 88.6 Å². The largest absolute Gasteiger partial charge is 0.504 e. The fraction of sp³-hybridized carbons (Fsp3) is 0.222. The zero-order valence-corrected chi connectivity index (χ0v) is 8.97. The van der Waals surface area contributed by atoms with E-state index in [2.05, 4.69) is 15.9 Å². The number of hydrogen-bond donors (Lipinski definition) is 1. The van der Waals surface area contributed by atoms with Crippen molar-refractivity contribution in [2.24, 2.45) is 0 Å². The van der Waals surface area contributed by atoms with Crippen molar-refractivity contribution in [2.45, 2.75) is 0 Å². The maximum absolute atomic E-state index is 13.0. The first kappa shape index (κ1) is 11.0. The van der Waals surface area contributed by atoms with Crippen LogP contribution in [0.1, 0.15) is 10.4 Å². The Morgan fingerprint density at radius 3 is 2.79 bits per heavy atom. The van der Waals surface area contributed by atoms with Gasteiger partial charge >= 0.3 is 0 Å². The first-order valence-electron chi connectivity index (χ1n) is 3.75. The molecule has 0 aliphatic rings. The molecule has 0 heterocycles. The summed E-state index contributed by atoms with van der Waals surface area (Å²) in [6.07, 6.45) is 0.